The highest BCUT2D eigenvalue weighted by molar-refractivity contribution is 6.38. The molecule has 1 atom stereocenters. The molecule has 0 aromatic carbocycles. The average molecular weight is 312 g/mol. The first-order chi connectivity index (χ1) is 8.88. The van der Waals surface area contributed by atoms with Gasteiger partial charge in [-0.3, -0.25) is 14.3 Å². The van der Waals surface area contributed by atoms with Crippen molar-refractivity contribution >= 4 is 35.1 Å². The Morgan fingerprint density at radius 3 is 2.58 bits per heavy atom. The lowest BCUT2D eigenvalue weighted by atomic mass is 10.3. The van der Waals surface area contributed by atoms with Crippen LogP contribution < -0.4 is 5.48 Å². The van der Waals surface area contributed by atoms with Crippen molar-refractivity contribution < 1.29 is 24.3 Å². The Balaban J connectivity index is 2.72. The largest absolute Gasteiger partial charge is 0.479 e. The van der Waals surface area contributed by atoms with E-state index in [4.69, 9.17) is 33.1 Å². The van der Waals surface area contributed by atoms with Crippen molar-refractivity contribution in [3.8, 4) is 0 Å². The van der Waals surface area contributed by atoms with Crippen LogP contribution in [0.3, 0.4) is 0 Å². The molecule has 0 spiro atoms. The minimum absolute atomic E-state index is 0.00437. The van der Waals surface area contributed by atoms with Crippen molar-refractivity contribution in [1.82, 2.24) is 15.3 Å². The van der Waals surface area contributed by atoms with Gasteiger partial charge in [0, 0.05) is 14.2 Å². The smallest absolute Gasteiger partial charge is 0.338 e. The molecule has 0 aliphatic rings. The predicted octanol–water partition coefficient (Wildman–Crippen LogP) is 0.488. The summed E-state index contributed by atoms with van der Waals surface area (Å²) < 4.78 is 5.83. The van der Waals surface area contributed by atoms with Crippen LogP contribution in [-0.2, 0) is 21.4 Å². The van der Waals surface area contributed by atoms with Crippen molar-refractivity contribution in [3.63, 3.8) is 0 Å². The topological polar surface area (TPSA) is 103 Å². The number of ether oxygens (including phenoxy) is 1. The number of nitrogens with one attached hydrogen (secondary N) is 1. The molecule has 1 rings (SSSR count). The van der Waals surface area contributed by atoms with Crippen molar-refractivity contribution in [1.29, 1.82) is 0 Å². The van der Waals surface area contributed by atoms with Crippen LogP contribution in [0.1, 0.15) is 10.4 Å². The fraction of sp³-hybridized carbons (Fsp3) is 0.444. The van der Waals surface area contributed by atoms with Crippen LogP contribution in [0.25, 0.3) is 0 Å². The molecule has 0 bridgehead atoms. The molecule has 19 heavy (non-hydrogen) atoms. The summed E-state index contributed by atoms with van der Waals surface area (Å²) in [7, 11) is 2.80. The number of carboxylic acids is 1. The quantitative estimate of drug-likeness (QED) is 0.741. The summed E-state index contributed by atoms with van der Waals surface area (Å²) in [6, 6.07) is 0. The molecule has 8 nitrogen and oxygen atoms in total. The molecule has 1 unspecified atom stereocenters. The molecule has 0 saturated heterocycles. The number of aliphatic carboxylic acids is 1. The van der Waals surface area contributed by atoms with Crippen LogP contribution in [-0.4, -0.2) is 46.6 Å². The number of carbonyl (C=O) groups excluding carboxylic acids is 1. The Morgan fingerprint density at radius 1 is 1.53 bits per heavy atom. The number of halogens is 2. The second-order valence-electron chi connectivity index (χ2n) is 3.41. The summed E-state index contributed by atoms with van der Waals surface area (Å²) in [4.78, 5) is 27.2. The average Bonchev–Trinajstić information content (AvgIpc) is 2.58. The Bertz CT molecular complexity index is 490. The second-order valence-corrected chi connectivity index (χ2v) is 4.13. The standard InChI is InChI=1S/C9H11Cl2N3O5/c1-14-7(11)5(6(10)12-14)8(15)13-19-4(3-18-2)9(16)17/h4H,3H2,1-2H3,(H,13,15)(H,16,17). The van der Waals surface area contributed by atoms with E-state index in [1.807, 2.05) is 5.48 Å². The number of amides is 1. The first-order valence-corrected chi connectivity index (χ1v) is 5.69. The fourth-order valence-electron chi connectivity index (χ4n) is 1.14. The first-order valence-electron chi connectivity index (χ1n) is 4.94. The van der Waals surface area contributed by atoms with Gasteiger partial charge in [-0.2, -0.15) is 5.10 Å². The first kappa shape index (κ1) is 15.7. The maximum absolute atomic E-state index is 11.7. The molecule has 0 aliphatic heterocycles. The minimum atomic E-state index is -1.34. The van der Waals surface area contributed by atoms with Gasteiger partial charge >= 0.3 is 5.97 Å². The Kier molecular flexibility index (Phi) is 5.55. The second kappa shape index (κ2) is 6.71. The van der Waals surface area contributed by atoms with Crippen LogP contribution in [0, 0.1) is 0 Å². The number of methoxy groups -OCH3 is 1. The van der Waals surface area contributed by atoms with Crippen molar-refractivity contribution in [3.05, 3.63) is 15.9 Å². The molecule has 1 aromatic heterocycles. The number of hydrogen-bond acceptors (Lipinski definition) is 5. The van der Waals surface area contributed by atoms with E-state index in [0.717, 1.165) is 0 Å². The molecule has 2 N–H and O–H groups in total. The van der Waals surface area contributed by atoms with E-state index >= 15 is 0 Å². The zero-order valence-electron chi connectivity index (χ0n) is 10.0. The minimum Gasteiger partial charge on any atom is -0.479 e. The third kappa shape index (κ3) is 3.80. The van der Waals surface area contributed by atoms with Crippen molar-refractivity contribution in [2.24, 2.45) is 7.05 Å². The zero-order valence-corrected chi connectivity index (χ0v) is 11.5. The molecule has 0 aliphatic carbocycles. The van der Waals surface area contributed by atoms with Gasteiger partial charge in [0.25, 0.3) is 5.91 Å². The summed E-state index contributed by atoms with van der Waals surface area (Å²) in [5.41, 5.74) is 1.83. The number of hydroxylamine groups is 1. The number of rotatable bonds is 6. The van der Waals surface area contributed by atoms with Gasteiger partial charge in [-0.25, -0.2) is 10.3 Å². The number of carbonyl (C=O) groups is 2. The number of nitrogens with zero attached hydrogens (tertiary/aromatic N) is 2. The Morgan fingerprint density at radius 2 is 2.16 bits per heavy atom. The molecule has 10 heteroatoms. The fourth-order valence-corrected chi connectivity index (χ4v) is 1.69. The summed E-state index contributed by atoms with van der Waals surface area (Å²) >= 11 is 11.5. The lowest BCUT2D eigenvalue weighted by Gasteiger charge is -2.12. The van der Waals surface area contributed by atoms with Gasteiger partial charge in [0.2, 0.25) is 6.10 Å². The molecule has 1 amide bonds. The monoisotopic (exact) mass is 311 g/mol. The zero-order chi connectivity index (χ0) is 14.6. The summed E-state index contributed by atoms with van der Waals surface area (Å²) in [6.45, 7) is -0.232. The number of aromatic nitrogens is 2. The van der Waals surface area contributed by atoms with Gasteiger partial charge in [0.1, 0.15) is 10.7 Å². The van der Waals surface area contributed by atoms with Crippen LogP contribution in [0.5, 0.6) is 0 Å². The van der Waals surface area contributed by atoms with Crippen LogP contribution in [0.4, 0.5) is 0 Å². The van der Waals surface area contributed by atoms with Crippen LogP contribution >= 0.6 is 23.2 Å². The number of hydrogen-bond donors (Lipinski definition) is 2. The number of carboxylic acid groups (broad SMARTS) is 1. The van der Waals surface area contributed by atoms with Gasteiger partial charge in [-0.1, -0.05) is 23.2 Å². The Hall–Kier alpha value is -1.35. The highest BCUT2D eigenvalue weighted by Gasteiger charge is 2.24. The van der Waals surface area contributed by atoms with Crippen LogP contribution in [0.2, 0.25) is 10.3 Å². The van der Waals surface area contributed by atoms with Gasteiger partial charge in [0.05, 0.1) is 6.61 Å². The lowest BCUT2D eigenvalue weighted by molar-refractivity contribution is -0.158. The SMILES string of the molecule is COCC(ONC(=O)c1c(Cl)nn(C)c1Cl)C(=O)O. The van der Waals surface area contributed by atoms with Gasteiger partial charge in [-0.05, 0) is 0 Å². The highest BCUT2D eigenvalue weighted by atomic mass is 35.5. The van der Waals surface area contributed by atoms with Gasteiger partial charge in [0.15, 0.2) is 5.15 Å². The molecule has 1 heterocycles. The number of aryl methyl sites for hydroxylation is 1. The summed E-state index contributed by atoms with van der Waals surface area (Å²) in [6.07, 6.45) is -1.34. The molecule has 106 valence electrons. The van der Waals surface area contributed by atoms with E-state index < -0.39 is 18.0 Å². The van der Waals surface area contributed by atoms with E-state index in [1.165, 1.54) is 18.8 Å². The van der Waals surface area contributed by atoms with Crippen molar-refractivity contribution in [2.45, 2.75) is 6.10 Å². The third-order valence-electron chi connectivity index (χ3n) is 2.05. The molecule has 0 radical (unpaired) electrons. The molecular weight excluding hydrogens is 301 g/mol. The van der Waals surface area contributed by atoms with E-state index in [0.29, 0.717) is 0 Å². The van der Waals surface area contributed by atoms with E-state index in [9.17, 15) is 9.59 Å². The van der Waals surface area contributed by atoms with E-state index in [1.54, 1.807) is 0 Å². The van der Waals surface area contributed by atoms with E-state index in [-0.39, 0.29) is 22.5 Å². The third-order valence-corrected chi connectivity index (χ3v) is 2.75. The lowest BCUT2D eigenvalue weighted by Crippen LogP contribution is -2.37. The maximum Gasteiger partial charge on any atom is 0.338 e. The molecule has 1 aromatic rings. The molecule has 0 fully saturated rings. The highest BCUT2D eigenvalue weighted by Crippen LogP contribution is 2.22. The predicted molar refractivity (Wildman–Crippen MR) is 65.1 cm³/mol. The van der Waals surface area contributed by atoms with Crippen LogP contribution in [0.15, 0.2) is 0 Å². The van der Waals surface area contributed by atoms with Crippen molar-refractivity contribution in [2.75, 3.05) is 13.7 Å². The van der Waals surface area contributed by atoms with E-state index in [2.05, 4.69) is 9.84 Å². The molecule has 0 saturated carbocycles. The van der Waals surface area contributed by atoms with Gasteiger partial charge in [-0.15, -0.1) is 0 Å². The molecular formula is C9H11Cl2N3O5. The summed E-state index contributed by atoms with van der Waals surface area (Å²) in [5.74, 6) is -2.09. The normalized spacial score (nSPS) is 12.2. The summed E-state index contributed by atoms with van der Waals surface area (Å²) in [5, 5.41) is 12.4. The maximum atomic E-state index is 11.7. The Labute approximate surface area is 118 Å². The van der Waals surface area contributed by atoms with Gasteiger partial charge < -0.3 is 9.84 Å².